The van der Waals surface area contributed by atoms with Gasteiger partial charge in [-0.3, -0.25) is 4.79 Å². The smallest absolute Gasteiger partial charge is 0.311 e. The van der Waals surface area contributed by atoms with Crippen LogP contribution >= 0.6 is 0 Å². The van der Waals surface area contributed by atoms with Gasteiger partial charge in [0.15, 0.2) is 0 Å². The van der Waals surface area contributed by atoms with E-state index in [9.17, 15) is 4.79 Å². The molecule has 4 heteroatoms. The molecule has 0 spiro atoms. The van der Waals surface area contributed by atoms with Crippen LogP contribution in [0.3, 0.4) is 0 Å². The van der Waals surface area contributed by atoms with Crippen molar-refractivity contribution < 1.29 is 4.74 Å². The van der Waals surface area contributed by atoms with Crippen LogP contribution in [0.4, 0.5) is 0 Å². The summed E-state index contributed by atoms with van der Waals surface area (Å²) >= 11 is 0. The summed E-state index contributed by atoms with van der Waals surface area (Å²) in [5, 5.41) is 0. The van der Waals surface area contributed by atoms with Crippen molar-refractivity contribution in [2.24, 2.45) is 0 Å². The average molecular weight is 242 g/mol. The molecule has 0 aliphatic heterocycles. The predicted molar refractivity (Wildman–Crippen MR) is 68.0 cm³/mol. The predicted octanol–water partition coefficient (Wildman–Crippen LogP) is 2.44. The zero-order chi connectivity index (χ0) is 12.4. The Hall–Kier alpha value is -2.10. The van der Waals surface area contributed by atoms with E-state index in [0.717, 1.165) is 12.8 Å². The minimum atomic E-state index is -0.310. The highest BCUT2D eigenvalue weighted by molar-refractivity contribution is 5.38. The number of benzene rings is 1. The van der Waals surface area contributed by atoms with Gasteiger partial charge in [0, 0.05) is 12.4 Å². The standard InChI is InChI=1S/C14H14N2O2/c17-13-14(16-8-7-15-13)18-12-6-5-10-3-1-2-4-11(10)9-12/h5-9H,1-4H2,(H,15,17). The van der Waals surface area contributed by atoms with Crippen LogP contribution in [0, 0.1) is 0 Å². The molecule has 4 nitrogen and oxygen atoms in total. The SMILES string of the molecule is O=c1[nH]ccnc1Oc1ccc2c(c1)CCCC2. The second-order valence-corrected chi connectivity index (χ2v) is 4.46. The quantitative estimate of drug-likeness (QED) is 0.880. The number of hydrogen-bond donors (Lipinski definition) is 1. The maximum atomic E-state index is 11.5. The highest BCUT2D eigenvalue weighted by Gasteiger charge is 2.11. The van der Waals surface area contributed by atoms with E-state index in [1.165, 1.54) is 36.4 Å². The molecule has 2 aromatic rings. The van der Waals surface area contributed by atoms with E-state index in [1.54, 1.807) is 0 Å². The Kier molecular flexibility index (Phi) is 2.84. The molecule has 1 N–H and O–H groups in total. The van der Waals surface area contributed by atoms with E-state index >= 15 is 0 Å². The summed E-state index contributed by atoms with van der Waals surface area (Å²) in [6, 6.07) is 6.00. The van der Waals surface area contributed by atoms with Gasteiger partial charge >= 0.3 is 5.56 Å². The summed E-state index contributed by atoms with van der Waals surface area (Å²) in [5.41, 5.74) is 2.41. The molecular weight excluding hydrogens is 228 g/mol. The first-order chi connectivity index (χ1) is 8.83. The Morgan fingerprint density at radius 1 is 1.17 bits per heavy atom. The minimum absolute atomic E-state index is 0.0910. The number of rotatable bonds is 2. The molecule has 0 saturated heterocycles. The number of nitrogens with zero attached hydrogens (tertiary/aromatic N) is 1. The summed E-state index contributed by atoms with van der Waals surface area (Å²) in [7, 11) is 0. The summed E-state index contributed by atoms with van der Waals surface area (Å²) in [5.74, 6) is 0.771. The van der Waals surface area contributed by atoms with E-state index in [2.05, 4.69) is 16.0 Å². The average Bonchev–Trinajstić information content (AvgIpc) is 2.41. The van der Waals surface area contributed by atoms with Crippen LogP contribution < -0.4 is 10.3 Å². The molecule has 1 aliphatic carbocycles. The summed E-state index contributed by atoms with van der Waals surface area (Å²) < 4.78 is 5.52. The third-order valence-electron chi connectivity index (χ3n) is 3.21. The van der Waals surface area contributed by atoms with Crippen LogP contribution in [0.25, 0.3) is 0 Å². The van der Waals surface area contributed by atoms with Gasteiger partial charge < -0.3 is 9.72 Å². The molecule has 0 unspecified atom stereocenters. The Labute approximate surface area is 105 Å². The zero-order valence-electron chi connectivity index (χ0n) is 9.98. The van der Waals surface area contributed by atoms with Gasteiger partial charge in [-0.15, -0.1) is 0 Å². The van der Waals surface area contributed by atoms with Crippen molar-refractivity contribution in [2.45, 2.75) is 25.7 Å². The Morgan fingerprint density at radius 3 is 2.83 bits per heavy atom. The molecule has 18 heavy (non-hydrogen) atoms. The lowest BCUT2D eigenvalue weighted by atomic mass is 9.92. The number of H-pyrrole nitrogens is 1. The number of ether oxygens (including phenoxy) is 1. The van der Waals surface area contributed by atoms with E-state index < -0.39 is 0 Å². The molecule has 92 valence electrons. The van der Waals surface area contributed by atoms with Gasteiger partial charge in [0.25, 0.3) is 5.88 Å². The van der Waals surface area contributed by atoms with Crippen LogP contribution in [0.5, 0.6) is 11.6 Å². The topological polar surface area (TPSA) is 55.0 Å². The molecule has 1 aromatic heterocycles. The first-order valence-electron chi connectivity index (χ1n) is 6.16. The van der Waals surface area contributed by atoms with E-state index in [-0.39, 0.29) is 11.4 Å². The van der Waals surface area contributed by atoms with Gasteiger partial charge in [-0.1, -0.05) is 6.07 Å². The van der Waals surface area contributed by atoms with E-state index in [1.807, 2.05) is 12.1 Å². The summed E-state index contributed by atoms with van der Waals surface area (Å²) in [4.78, 5) is 17.9. The number of fused-ring (bicyclic) bond motifs is 1. The third-order valence-corrected chi connectivity index (χ3v) is 3.21. The fourth-order valence-corrected chi connectivity index (χ4v) is 2.30. The third kappa shape index (κ3) is 2.14. The van der Waals surface area contributed by atoms with Crippen LogP contribution in [-0.2, 0) is 12.8 Å². The minimum Gasteiger partial charge on any atom is -0.435 e. The first-order valence-corrected chi connectivity index (χ1v) is 6.16. The molecule has 0 fully saturated rings. The molecule has 0 atom stereocenters. The summed E-state index contributed by atoms with van der Waals surface area (Å²) in [6.07, 6.45) is 7.70. The second kappa shape index (κ2) is 4.64. The lowest BCUT2D eigenvalue weighted by Gasteiger charge is -2.16. The Bertz CT molecular complexity index is 619. The molecule has 0 bridgehead atoms. The first kappa shape index (κ1) is 11.0. The summed E-state index contributed by atoms with van der Waals surface area (Å²) in [6.45, 7) is 0. The van der Waals surface area contributed by atoms with Crippen molar-refractivity contribution in [1.29, 1.82) is 0 Å². The van der Waals surface area contributed by atoms with Gasteiger partial charge in [-0.2, -0.15) is 0 Å². The van der Waals surface area contributed by atoms with Crippen LogP contribution in [-0.4, -0.2) is 9.97 Å². The lowest BCUT2D eigenvalue weighted by molar-refractivity contribution is 0.452. The van der Waals surface area contributed by atoms with Crippen molar-refractivity contribution in [3.63, 3.8) is 0 Å². The van der Waals surface area contributed by atoms with Gasteiger partial charge in [-0.25, -0.2) is 4.98 Å². The van der Waals surface area contributed by atoms with E-state index in [4.69, 9.17) is 4.74 Å². The van der Waals surface area contributed by atoms with Crippen molar-refractivity contribution in [3.05, 3.63) is 52.1 Å². The van der Waals surface area contributed by atoms with E-state index in [0.29, 0.717) is 5.75 Å². The van der Waals surface area contributed by atoms with Gasteiger partial charge in [0.2, 0.25) is 0 Å². The molecule has 0 amide bonds. The molecule has 1 heterocycles. The maximum absolute atomic E-state index is 11.5. The Balaban J connectivity index is 1.90. The van der Waals surface area contributed by atoms with Gasteiger partial charge in [0.05, 0.1) is 0 Å². The second-order valence-electron chi connectivity index (χ2n) is 4.46. The van der Waals surface area contributed by atoms with Gasteiger partial charge in [-0.05, 0) is 48.9 Å². The highest BCUT2D eigenvalue weighted by atomic mass is 16.5. The number of aryl methyl sites for hydroxylation is 2. The molecular formula is C14H14N2O2. The van der Waals surface area contributed by atoms with Crippen LogP contribution in [0.1, 0.15) is 24.0 Å². The molecule has 0 saturated carbocycles. The van der Waals surface area contributed by atoms with Crippen molar-refractivity contribution >= 4 is 0 Å². The van der Waals surface area contributed by atoms with Crippen LogP contribution in [0.15, 0.2) is 35.4 Å². The number of hydrogen-bond acceptors (Lipinski definition) is 3. The lowest BCUT2D eigenvalue weighted by Crippen LogP contribution is -2.09. The van der Waals surface area contributed by atoms with Crippen molar-refractivity contribution in [3.8, 4) is 11.6 Å². The van der Waals surface area contributed by atoms with Crippen molar-refractivity contribution in [1.82, 2.24) is 9.97 Å². The number of nitrogens with one attached hydrogen (secondary N) is 1. The fourth-order valence-electron chi connectivity index (χ4n) is 2.30. The van der Waals surface area contributed by atoms with Crippen molar-refractivity contribution in [2.75, 3.05) is 0 Å². The number of aromatic amines is 1. The molecule has 3 rings (SSSR count). The zero-order valence-corrected chi connectivity index (χ0v) is 9.98. The maximum Gasteiger partial charge on any atom is 0.311 e. The molecule has 1 aromatic carbocycles. The normalized spacial score (nSPS) is 14.0. The Morgan fingerprint density at radius 2 is 2.00 bits per heavy atom. The molecule has 0 radical (unpaired) electrons. The molecule has 1 aliphatic rings. The monoisotopic (exact) mass is 242 g/mol. The highest BCUT2D eigenvalue weighted by Crippen LogP contribution is 2.26. The fraction of sp³-hybridized carbons (Fsp3) is 0.286. The largest absolute Gasteiger partial charge is 0.435 e. The van der Waals surface area contributed by atoms with Crippen LogP contribution in [0.2, 0.25) is 0 Å². The number of aromatic nitrogens is 2. The van der Waals surface area contributed by atoms with Gasteiger partial charge in [0.1, 0.15) is 5.75 Å².